The fourth-order valence-electron chi connectivity index (χ4n) is 8.58. The van der Waals surface area contributed by atoms with Gasteiger partial charge in [0.15, 0.2) is 0 Å². The molecule has 0 bridgehead atoms. The first-order valence-corrected chi connectivity index (χ1v) is 14.2. The third-order valence-corrected chi connectivity index (χ3v) is 10.5. The molecule has 3 heterocycles. The van der Waals surface area contributed by atoms with E-state index in [2.05, 4.69) is 16.9 Å². The number of nitrogens with two attached hydrogens (primary N) is 2. The number of likely N-dealkylation sites (tertiary alicyclic amines) is 1. The molecule has 3 aliphatic carbocycles. The predicted octanol–water partition coefficient (Wildman–Crippen LogP) is 2.97. The summed E-state index contributed by atoms with van der Waals surface area (Å²) < 4.78 is 41.0. The van der Waals surface area contributed by atoms with E-state index in [1.165, 1.54) is 10.7 Å². The molecule has 42 heavy (non-hydrogen) atoms. The minimum atomic E-state index is -4.43. The maximum absolute atomic E-state index is 13.2. The highest BCUT2D eigenvalue weighted by Gasteiger charge is 2.97. The Morgan fingerprint density at radius 1 is 1.21 bits per heavy atom. The quantitative estimate of drug-likeness (QED) is 0.532. The third-order valence-electron chi connectivity index (χ3n) is 10.5. The van der Waals surface area contributed by atoms with Crippen LogP contribution >= 0.6 is 0 Å². The minimum absolute atomic E-state index is 0.0497. The first kappa shape index (κ1) is 26.8. The van der Waals surface area contributed by atoms with Gasteiger partial charge in [0.25, 0.3) is 11.8 Å². The van der Waals surface area contributed by atoms with Crippen LogP contribution in [-0.4, -0.2) is 51.8 Å². The molecule has 3 unspecified atom stereocenters. The van der Waals surface area contributed by atoms with E-state index < -0.39 is 17.6 Å². The number of halogens is 3. The smallest absolute Gasteiger partial charge is 0.401 e. The van der Waals surface area contributed by atoms with Crippen molar-refractivity contribution in [2.75, 3.05) is 19.6 Å². The Bertz CT molecular complexity index is 1640. The molecular formula is C31H31F3N6O2. The number of hydrogen-bond acceptors (Lipinski definition) is 5. The Morgan fingerprint density at radius 2 is 2.00 bits per heavy atom. The number of carbonyl (C=O) groups is 2. The highest BCUT2D eigenvalue weighted by Crippen LogP contribution is 2.98. The summed E-state index contributed by atoms with van der Waals surface area (Å²) in [7, 11) is 0. The topological polar surface area (TPSA) is 120 Å². The number of amides is 2. The fourth-order valence-corrected chi connectivity index (χ4v) is 8.58. The second-order valence-corrected chi connectivity index (χ2v) is 12.5. The van der Waals surface area contributed by atoms with Crippen LogP contribution in [0.4, 0.5) is 13.2 Å². The van der Waals surface area contributed by atoms with Crippen LogP contribution in [0, 0.1) is 46.3 Å². The van der Waals surface area contributed by atoms with Gasteiger partial charge >= 0.3 is 6.18 Å². The summed E-state index contributed by atoms with van der Waals surface area (Å²) in [6, 6.07) is 5.11. The number of hydrogen-bond donors (Lipinski definition) is 2. The second-order valence-electron chi connectivity index (χ2n) is 12.5. The number of nitrogens with zero attached hydrogens (tertiary/aromatic N) is 4. The third kappa shape index (κ3) is 3.76. The van der Waals surface area contributed by atoms with Crippen molar-refractivity contribution in [1.29, 1.82) is 0 Å². The Morgan fingerprint density at radius 3 is 2.71 bits per heavy atom. The number of primary amides is 1. The SMILES string of the molecule is CC#CC(=O)N1CCC(C2CC3(C2)[C@H]2C4C(N)=C(C(N)=O)C(c5cnn(Cc6cccc(C(F)(F)F)c6)c5)=NCC423)C1. The van der Waals surface area contributed by atoms with Crippen molar-refractivity contribution in [2.24, 2.45) is 51.0 Å². The van der Waals surface area contributed by atoms with E-state index in [4.69, 9.17) is 16.5 Å². The summed E-state index contributed by atoms with van der Waals surface area (Å²) in [6.07, 6.45) is 1.95. The van der Waals surface area contributed by atoms with Crippen molar-refractivity contribution in [1.82, 2.24) is 14.7 Å². The van der Waals surface area contributed by atoms with Gasteiger partial charge in [0.2, 0.25) is 0 Å². The number of alkyl halides is 3. The van der Waals surface area contributed by atoms with Crippen LogP contribution in [0.25, 0.3) is 0 Å². The largest absolute Gasteiger partial charge is 0.416 e. The molecule has 2 aromatic rings. The van der Waals surface area contributed by atoms with E-state index in [0.29, 0.717) is 46.8 Å². The average Bonchev–Trinajstić information content (AvgIpc) is 3.50. The van der Waals surface area contributed by atoms with Gasteiger partial charge in [0, 0.05) is 48.4 Å². The first-order chi connectivity index (χ1) is 20.0. The van der Waals surface area contributed by atoms with Crippen molar-refractivity contribution in [2.45, 2.75) is 38.9 Å². The summed E-state index contributed by atoms with van der Waals surface area (Å²) in [5.41, 5.74) is 14.0. The molecule has 2 spiro atoms. The second kappa shape index (κ2) is 8.96. The molecule has 4 fully saturated rings. The summed E-state index contributed by atoms with van der Waals surface area (Å²) >= 11 is 0. The van der Waals surface area contributed by atoms with Crippen LogP contribution in [0.5, 0.6) is 0 Å². The van der Waals surface area contributed by atoms with E-state index in [1.807, 2.05) is 4.90 Å². The molecule has 4 N–H and O–H groups in total. The molecule has 2 aliphatic heterocycles. The van der Waals surface area contributed by atoms with Crippen LogP contribution in [0.1, 0.15) is 42.9 Å². The Balaban J connectivity index is 1.08. The molecule has 1 aromatic heterocycles. The van der Waals surface area contributed by atoms with Gasteiger partial charge in [0.05, 0.1) is 29.6 Å². The Kier molecular flexibility index (Phi) is 5.72. The number of carbonyl (C=O) groups excluding carboxylic acids is 2. The molecule has 1 aromatic carbocycles. The summed E-state index contributed by atoms with van der Waals surface area (Å²) in [5, 5.41) is 4.33. The van der Waals surface area contributed by atoms with E-state index in [1.54, 1.807) is 25.4 Å². The monoisotopic (exact) mass is 576 g/mol. The molecule has 218 valence electrons. The molecule has 2 amide bonds. The van der Waals surface area contributed by atoms with E-state index in [-0.39, 0.29) is 34.8 Å². The normalized spacial score (nSPS) is 32.7. The number of allylic oxidation sites excluding steroid dienone is 1. The van der Waals surface area contributed by atoms with E-state index >= 15 is 0 Å². The van der Waals surface area contributed by atoms with Gasteiger partial charge in [-0.2, -0.15) is 18.3 Å². The molecule has 4 atom stereocenters. The summed E-state index contributed by atoms with van der Waals surface area (Å²) in [5.74, 6) is 6.10. The van der Waals surface area contributed by atoms with Crippen LogP contribution in [0.2, 0.25) is 0 Å². The first-order valence-electron chi connectivity index (χ1n) is 14.2. The molecule has 7 rings (SSSR count). The van der Waals surface area contributed by atoms with Crippen LogP contribution < -0.4 is 11.5 Å². The lowest BCUT2D eigenvalue weighted by molar-refractivity contribution is -0.137. The minimum Gasteiger partial charge on any atom is -0.401 e. The van der Waals surface area contributed by atoms with Gasteiger partial charge in [-0.25, -0.2) is 0 Å². The van der Waals surface area contributed by atoms with Gasteiger partial charge in [0.1, 0.15) is 0 Å². The number of aliphatic imine (C=N–C) groups is 1. The zero-order valence-corrected chi connectivity index (χ0v) is 23.1. The molecule has 5 aliphatic rings. The molecule has 8 nitrogen and oxygen atoms in total. The Hall–Kier alpha value is -4.07. The van der Waals surface area contributed by atoms with Gasteiger partial charge in [-0.05, 0) is 73.0 Å². The van der Waals surface area contributed by atoms with Gasteiger partial charge in [-0.15, -0.1) is 0 Å². The van der Waals surface area contributed by atoms with Crippen molar-refractivity contribution in [3.8, 4) is 11.8 Å². The van der Waals surface area contributed by atoms with Crippen LogP contribution in [0.15, 0.2) is 52.9 Å². The van der Waals surface area contributed by atoms with Gasteiger partial charge in [-0.3, -0.25) is 19.3 Å². The molecule has 0 radical (unpaired) electrons. The number of benzene rings is 1. The molecule has 1 saturated heterocycles. The van der Waals surface area contributed by atoms with E-state index in [9.17, 15) is 22.8 Å². The lowest BCUT2D eigenvalue weighted by atomic mass is 9.57. The number of fused-ring (bicyclic) bond motifs is 2. The zero-order chi connectivity index (χ0) is 29.6. The maximum atomic E-state index is 13.2. The van der Waals surface area contributed by atoms with Gasteiger partial charge in [-0.1, -0.05) is 18.1 Å². The average molecular weight is 577 g/mol. The zero-order valence-electron chi connectivity index (χ0n) is 23.1. The summed E-state index contributed by atoms with van der Waals surface area (Å²) in [4.78, 5) is 31.6. The molecule has 11 heteroatoms. The maximum Gasteiger partial charge on any atom is 0.416 e. The van der Waals surface area contributed by atoms with Crippen molar-refractivity contribution < 1.29 is 22.8 Å². The lowest BCUT2D eigenvalue weighted by Crippen LogP contribution is -2.43. The lowest BCUT2D eigenvalue weighted by Gasteiger charge is -2.47. The number of aromatic nitrogens is 2. The van der Waals surface area contributed by atoms with E-state index in [0.717, 1.165) is 44.5 Å². The van der Waals surface area contributed by atoms with Crippen molar-refractivity contribution in [3.05, 3.63) is 64.6 Å². The molecule has 3 saturated carbocycles. The molecular weight excluding hydrogens is 545 g/mol. The van der Waals surface area contributed by atoms with Crippen molar-refractivity contribution in [3.63, 3.8) is 0 Å². The number of rotatable bonds is 5. The van der Waals surface area contributed by atoms with Gasteiger partial charge < -0.3 is 16.4 Å². The highest BCUT2D eigenvalue weighted by atomic mass is 19.4. The fraction of sp³-hybridized carbons (Fsp3) is 0.484. The van der Waals surface area contributed by atoms with Crippen molar-refractivity contribution >= 4 is 17.5 Å². The standard InChI is InChI=1S/C31H31F3N6O2/c1-2-4-22(41)39-8-7-18(14-39)19-10-29(11-19)27-24-25(35)23(28(36)42)26(37-16-30(24,27)29)20-12-38-40(15-20)13-17-5-3-6-21(9-17)31(32,33)34/h3,5-6,9,12,15,18-19,24,27H,7-8,10-11,13-14,16,35H2,1H3,(H2,36,42)/t18?,19?,24?,27-,29?,30?/m1/s1. The Labute approximate surface area is 241 Å². The summed E-state index contributed by atoms with van der Waals surface area (Å²) in [6.45, 7) is 3.85. The van der Waals surface area contributed by atoms with Crippen LogP contribution in [-0.2, 0) is 22.3 Å². The predicted molar refractivity (Wildman–Crippen MR) is 147 cm³/mol. The van der Waals surface area contributed by atoms with Crippen LogP contribution in [0.3, 0.4) is 0 Å². The highest BCUT2D eigenvalue weighted by molar-refractivity contribution is 6.28.